The van der Waals surface area contributed by atoms with Crippen LogP contribution in [0.25, 0.3) is 0 Å². The average Bonchev–Trinajstić information content (AvgIpc) is 2.39. The number of halogens is 10. The molecule has 132 valence electrons. The van der Waals surface area contributed by atoms with Crippen molar-refractivity contribution in [2.24, 2.45) is 0 Å². The Bertz CT molecular complexity index is 542. The van der Waals surface area contributed by atoms with Gasteiger partial charge in [-0.25, -0.2) is 0 Å². The first kappa shape index (κ1) is 19.9. The summed E-state index contributed by atoms with van der Waals surface area (Å²) in [5.41, 5.74) is 0. The summed E-state index contributed by atoms with van der Waals surface area (Å²) in [5, 5.41) is 0. The minimum atomic E-state index is -6.88. The van der Waals surface area contributed by atoms with Crippen molar-refractivity contribution < 1.29 is 44.3 Å². The standard InChI is InChI=1S/C12H8BrF9O/c13-7-3-1-2-4-8(7)23-6-5-9(14,15)10(16,17)11(18,19)12(20,21)22/h1-4H,5-6H2. The molecule has 0 bridgehead atoms. The maximum absolute atomic E-state index is 13.2. The molecule has 0 amide bonds. The third-order valence-electron chi connectivity index (χ3n) is 2.72. The topological polar surface area (TPSA) is 9.23 Å². The Morgan fingerprint density at radius 1 is 0.826 bits per heavy atom. The highest BCUT2D eigenvalue weighted by atomic mass is 79.9. The molecule has 1 aromatic carbocycles. The van der Waals surface area contributed by atoms with Crippen molar-refractivity contribution in [1.82, 2.24) is 0 Å². The predicted molar refractivity (Wildman–Crippen MR) is 65.2 cm³/mol. The number of rotatable bonds is 6. The van der Waals surface area contributed by atoms with Gasteiger partial charge in [0.2, 0.25) is 0 Å². The smallest absolute Gasteiger partial charge is 0.460 e. The number of hydrogen-bond acceptors (Lipinski definition) is 1. The second-order valence-corrected chi connectivity index (χ2v) is 5.23. The lowest BCUT2D eigenvalue weighted by Gasteiger charge is -2.33. The molecule has 1 aromatic rings. The SMILES string of the molecule is FC(F)(F)C(F)(F)C(F)(F)C(F)(F)CCOc1ccccc1Br. The van der Waals surface area contributed by atoms with Gasteiger partial charge in [0.05, 0.1) is 17.5 Å². The van der Waals surface area contributed by atoms with E-state index in [1.807, 2.05) is 0 Å². The highest BCUT2D eigenvalue weighted by molar-refractivity contribution is 9.10. The van der Waals surface area contributed by atoms with Crippen molar-refractivity contribution in [3.8, 4) is 5.75 Å². The van der Waals surface area contributed by atoms with Crippen LogP contribution in [0, 0.1) is 0 Å². The summed E-state index contributed by atoms with van der Waals surface area (Å²) in [6.45, 7) is -1.20. The molecule has 0 unspecified atom stereocenters. The molecular weight excluding hydrogens is 411 g/mol. The molecule has 0 fully saturated rings. The number of hydrogen-bond donors (Lipinski definition) is 0. The maximum Gasteiger partial charge on any atom is 0.460 e. The molecule has 0 radical (unpaired) electrons. The highest BCUT2D eigenvalue weighted by Crippen LogP contribution is 2.53. The van der Waals surface area contributed by atoms with Crippen molar-refractivity contribution in [2.75, 3.05) is 6.61 Å². The van der Waals surface area contributed by atoms with Crippen LogP contribution in [0.1, 0.15) is 6.42 Å². The Balaban J connectivity index is 2.84. The fourth-order valence-corrected chi connectivity index (χ4v) is 1.81. The zero-order valence-corrected chi connectivity index (χ0v) is 12.5. The molecule has 0 aliphatic heterocycles. The number of benzene rings is 1. The highest BCUT2D eigenvalue weighted by Gasteiger charge is 2.81. The summed E-state index contributed by atoms with van der Waals surface area (Å²) in [4.78, 5) is 0. The predicted octanol–water partition coefficient (Wildman–Crippen LogP) is 5.69. The molecular formula is C12H8BrF9O. The van der Waals surface area contributed by atoms with E-state index in [9.17, 15) is 39.5 Å². The second kappa shape index (κ2) is 6.40. The van der Waals surface area contributed by atoms with Crippen LogP contribution >= 0.6 is 15.9 Å². The van der Waals surface area contributed by atoms with Crippen molar-refractivity contribution in [3.05, 3.63) is 28.7 Å². The first-order valence-electron chi connectivity index (χ1n) is 5.81. The molecule has 0 aliphatic carbocycles. The van der Waals surface area contributed by atoms with Gasteiger partial charge in [0, 0.05) is 0 Å². The van der Waals surface area contributed by atoms with Crippen LogP contribution in [0.4, 0.5) is 39.5 Å². The molecule has 0 heterocycles. The Labute approximate surface area is 132 Å². The monoisotopic (exact) mass is 418 g/mol. The summed E-state index contributed by atoms with van der Waals surface area (Å²) in [6.07, 6.45) is -8.85. The van der Waals surface area contributed by atoms with Gasteiger partial charge < -0.3 is 4.74 Å². The van der Waals surface area contributed by atoms with Crippen LogP contribution in [0.2, 0.25) is 0 Å². The van der Waals surface area contributed by atoms with E-state index in [-0.39, 0.29) is 10.2 Å². The molecule has 0 spiro atoms. The van der Waals surface area contributed by atoms with Gasteiger partial charge >= 0.3 is 23.9 Å². The van der Waals surface area contributed by atoms with Crippen LogP contribution < -0.4 is 4.74 Å². The minimum absolute atomic E-state index is 0.0609. The normalized spacial score (nSPS) is 14.0. The summed E-state index contributed by atoms with van der Waals surface area (Å²) in [5.74, 6) is -19.2. The first-order chi connectivity index (χ1) is 10.2. The van der Waals surface area contributed by atoms with Gasteiger partial charge in [0.1, 0.15) is 5.75 Å². The number of ether oxygens (including phenoxy) is 1. The Hall–Kier alpha value is -1.13. The third kappa shape index (κ3) is 3.86. The molecule has 1 rings (SSSR count). The van der Waals surface area contributed by atoms with Crippen molar-refractivity contribution in [1.29, 1.82) is 0 Å². The summed E-state index contributed by atoms with van der Waals surface area (Å²) < 4.78 is 118. The van der Waals surface area contributed by atoms with E-state index in [1.54, 1.807) is 0 Å². The van der Waals surface area contributed by atoms with E-state index >= 15 is 0 Å². The quantitative estimate of drug-likeness (QED) is 0.539. The van der Waals surface area contributed by atoms with E-state index in [4.69, 9.17) is 0 Å². The van der Waals surface area contributed by atoms with Crippen LogP contribution in [0.15, 0.2) is 28.7 Å². The van der Waals surface area contributed by atoms with Crippen LogP contribution in [0.5, 0.6) is 5.75 Å². The van der Waals surface area contributed by atoms with Crippen LogP contribution in [0.3, 0.4) is 0 Å². The van der Waals surface area contributed by atoms with Crippen LogP contribution in [-0.2, 0) is 0 Å². The lowest BCUT2D eigenvalue weighted by atomic mass is 10.0. The lowest BCUT2D eigenvalue weighted by molar-refractivity contribution is -0.397. The largest absolute Gasteiger partial charge is 0.492 e. The number of alkyl halides is 9. The minimum Gasteiger partial charge on any atom is -0.492 e. The average molecular weight is 419 g/mol. The van der Waals surface area contributed by atoms with E-state index in [2.05, 4.69) is 20.7 Å². The Morgan fingerprint density at radius 3 is 1.83 bits per heavy atom. The fraction of sp³-hybridized carbons (Fsp3) is 0.500. The Kier molecular flexibility index (Phi) is 5.55. The van der Waals surface area contributed by atoms with Crippen LogP contribution in [-0.4, -0.2) is 30.6 Å². The molecule has 0 aliphatic rings. The molecule has 0 saturated carbocycles. The third-order valence-corrected chi connectivity index (χ3v) is 3.38. The van der Waals surface area contributed by atoms with E-state index in [1.165, 1.54) is 24.3 Å². The van der Waals surface area contributed by atoms with E-state index in [0.717, 1.165) is 0 Å². The van der Waals surface area contributed by atoms with Gasteiger partial charge in [-0.15, -0.1) is 0 Å². The summed E-state index contributed by atoms with van der Waals surface area (Å²) >= 11 is 2.94. The van der Waals surface area contributed by atoms with E-state index < -0.39 is 37.0 Å². The van der Waals surface area contributed by atoms with Crippen molar-refractivity contribution >= 4 is 15.9 Å². The van der Waals surface area contributed by atoms with Gasteiger partial charge in [-0.3, -0.25) is 0 Å². The van der Waals surface area contributed by atoms with Gasteiger partial charge in [-0.05, 0) is 28.1 Å². The molecule has 23 heavy (non-hydrogen) atoms. The number of para-hydroxylation sites is 1. The zero-order valence-electron chi connectivity index (χ0n) is 10.9. The fourth-order valence-electron chi connectivity index (χ4n) is 1.42. The van der Waals surface area contributed by atoms with E-state index in [0.29, 0.717) is 0 Å². The maximum atomic E-state index is 13.2. The molecule has 0 N–H and O–H groups in total. The zero-order chi connectivity index (χ0) is 18.1. The van der Waals surface area contributed by atoms with Gasteiger partial charge in [-0.1, -0.05) is 12.1 Å². The molecule has 11 heteroatoms. The molecule has 1 nitrogen and oxygen atoms in total. The van der Waals surface area contributed by atoms with Crippen molar-refractivity contribution in [2.45, 2.75) is 30.4 Å². The van der Waals surface area contributed by atoms with Crippen molar-refractivity contribution in [3.63, 3.8) is 0 Å². The Morgan fingerprint density at radius 2 is 1.35 bits per heavy atom. The van der Waals surface area contributed by atoms with Gasteiger partial charge in [0.25, 0.3) is 0 Å². The van der Waals surface area contributed by atoms with Gasteiger partial charge in [0.15, 0.2) is 0 Å². The second-order valence-electron chi connectivity index (χ2n) is 4.38. The first-order valence-corrected chi connectivity index (χ1v) is 6.61. The lowest BCUT2D eigenvalue weighted by Crippen LogP contribution is -2.61. The summed E-state index contributed by atoms with van der Waals surface area (Å²) in [6, 6.07) is 5.60. The summed E-state index contributed by atoms with van der Waals surface area (Å²) in [7, 11) is 0. The molecule has 0 saturated heterocycles. The molecule has 0 aromatic heterocycles. The molecule has 0 atom stereocenters. The van der Waals surface area contributed by atoms with Gasteiger partial charge in [-0.2, -0.15) is 39.5 Å².